The molecule has 0 heterocycles. The summed E-state index contributed by atoms with van der Waals surface area (Å²) < 4.78 is 59.4. The molecule has 0 spiro atoms. The number of rotatable bonds is 7. The molecule has 1 N–H and O–H groups in total. The number of benzene rings is 1. The van der Waals surface area contributed by atoms with Crippen LogP contribution in [0, 0.1) is 11.8 Å². The first-order chi connectivity index (χ1) is 9.74. The summed E-state index contributed by atoms with van der Waals surface area (Å²) in [4.78, 5) is 0.168. The zero-order chi connectivity index (χ0) is 15.9. The Bertz CT molecular complexity index is 711. The highest BCUT2D eigenvalue weighted by molar-refractivity contribution is 7.91. The summed E-state index contributed by atoms with van der Waals surface area (Å²) >= 11 is 0. The minimum Gasteiger partial charge on any atom is -0.363 e. The average molecular weight is 332 g/mol. The molecule has 0 aliphatic heterocycles. The SMILES string of the molecule is CC#CC(CS(=O)(=O)O)OCCS(=O)(=O)c1ccccc1. The first-order valence-electron chi connectivity index (χ1n) is 6.01. The highest BCUT2D eigenvalue weighted by Crippen LogP contribution is 2.10. The third kappa shape index (κ3) is 6.73. The van der Waals surface area contributed by atoms with Gasteiger partial charge in [-0.3, -0.25) is 4.55 Å². The Kier molecular flexibility index (Phi) is 6.36. The normalized spacial score (nSPS) is 13.2. The van der Waals surface area contributed by atoms with Gasteiger partial charge in [0.1, 0.15) is 11.9 Å². The van der Waals surface area contributed by atoms with Crippen molar-refractivity contribution in [1.29, 1.82) is 0 Å². The molecule has 0 saturated carbocycles. The molecule has 0 amide bonds. The zero-order valence-electron chi connectivity index (χ0n) is 11.4. The third-order valence-corrected chi connectivity index (χ3v) is 4.86. The second-order valence-electron chi connectivity index (χ2n) is 4.13. The van der Waals surface area contributed by atoms with Gasteiger partial charge < -0.3 is 4.74 Å². The largest absolute Gasteiger partial charge is 0.363 e. The Hall–Kier alpha value is -1.40. The van der Waals surface area contributed by atoms with E-state index in [1.165, 1.54) is 19.1 Å². The zero-order valence-corrected chi connectivity index (χ0v) is 13.0. The summed E-state index contributed by atoms with van der Waals surface area (Å²) in [5.41, 5.74) is 0. The molecule has 0 aliphatic rings. The molecule has 1 aromatic rings. The van der Waals surface area contributed by atoms with E-state index in [-0.39, 0.29) is 17.3 Å². The molecule has 0 aromatic heterocycles. The Balaban J connectivity index is 2.64. The first kappa shape index (κ1) is 17.7. The van der Waals surface area contributed by atoms with E-state index in [9.17, 15) is 16.8 Å². The van der Waals surface area contributed by atoms with Crippen molar-refractivity contribution in [3.05, 3.63) is 30.3 Å². The summed E-state index contributed by atoms with van der Waals surface area (Å²) in [5.74, 6) is 3.93. The van der Waals surface area contributed by atoms with E-state index in [0.717, 1.165) is 0 Å². The summed E-state index contributed by atoms with van der Waals surface area (Å²) in [6.07, 6.45) is -1.06. The van der Waals surface area contributed by atoms with Gasteiger partial charge in [-0.2, -0.15) is 8.42 Å². The lowest BCUT2D eigenvalue weighted by Gasteiger charge is -2.11. The van der Waals surface area contributed by atoms with Crippen LogP contribution in [-0.4, -0.2) is 45.6 Å². The van der Waals surface area contributed by atoms with E-state index in [4.69, 9.17) is 9.29 Å². The molecule has 1 atom stereocenters. The van der Waals surface area contributed by atoms with Crippen LogP contribution >= 0.6 is 0 Å². The van der Waals surface area contributed by atoms with E-state index < -0.39 is 31.8 Å². The van der Waals surface area contributed by atoms with Crippen LogP contribution < -0.4 is 0 Å². The van der Waals surface area contributed by atoms with Crippen LogP contribution in [0.3, 0.4) is 0 Å². The molecular weight excluding hydrogens is 316 g/mol. The summed E-state index contributed by atoms with van der Waals surface area (Å²) in [6.45, 7) is 1.27. The lowest BCUT2D eigenvalue weighted by atomic mass is 10.4. The Morgan fingerprint density at radius 2 is 1.81 bits per heavy atom. The topological polar surface area (TPSA) is 97.7 Å². The van der Waals surface area contributed by atoms with Gasteiger partial charge in [-0.15, -0.1) is 5.92 Å². The molecule has 21 heavy (non-hydrogen) atoms. The van der Waals surface area contributed by atoms with E-state index in [1.807, 2.05) is 0 Å². The minimum atomic E-state index is -4.24. The van der Waals surface area contributed by atoms with Crippen molar-refractivity contribution in [3.8, 4) is 11.8 Å². The maximum Gasteiger partial charge on any atom is 0.268 e. The predicted octanol–water partition coefficient (Wildman–Crippen LogP) is 0.757. The van der Waals surface area contributed by atoms with Crippen molar-refractivity contribution in [2.75, 3.05) is 18.1 Å². The van der Waals surface area contributed by atoms with Gasteiger partial charge in [0.2, 0.25) is 0 Å². The second-order valence-corrected chi connectivity index (χ2v) is 7.74. The lowest BCUT2D eigenvalue weighted by molar-refractivity contribution is 0.118. The fourth-order valence-corrected chi connectivity index (χ4v) is 3.21. The second kappa shape index (κ2) is 7.56. The molecule has 1 unspecified atom stereocenters. The molecule has 0 bridgehead atoms. The fourth-order valence-electron chi connectivity index (χ4n) is 1.53. The van der Waals surface area contributed by atoms with E-state index in [0.29, 0.717) is 0 Å². The average Bonchev–Trinajstić information content (AvgIpc) is 2.38. The van der Waals surface area contributed by atoms with Crippen LogP contribution in [0.2, 0.25) is 0 Å². The maximum absolute atomic E-state index is 12.0. The quantitative estimate of drug-likeness (QED) is 0.585. The molecule has 6 nitrogen and oxygen atoms in total. The first-order valence-corrected chi connectivity index (χ1v) is 9.27. The van der Waals surface area contributed by atoms with Crippen molar-refractivity contribution in [2.24, 2.45) is 0 Å². The van der Waals surface area contributed by atoms with Crippen LogP contribution in [0.25, 0.3) is 0 Å². The molecule has 1 aromatic carbocycles. The highest BCUT2D eigenvalue weighted by atomic mass is 32.2. The van der Waals surface area contributed by atoms with Gasteiger partial charge in [-0.05, 0) is 19.1 Å². The molecule has 0 saturated heterocycles. The molecule has 116 valence electrons. The van der Waals surface area contributed by atoms with Gasteiger partial charge in [-0.1, -0.05) is 24.1 Å². The third-order valence-electron chi connectivity index (χ3n) is 2.44. The standard InChI is InChI=1S/C13H16O6S2/c1-2-6-12(11-21(16,17)18)19-9-10-20(14,15)13-7-4-3-5-8-13/h3-5,7-8,12H,9-11H2,1H3,(H,16,17,18). The van der Waals surface area contributed by atoms with Crippen molar-refractivity contribution >= 4 is 20.0 Å². The molecular formula is C13H16O6S2. The highest BCUT2D eigenvalue weighted by Gasteiger charge is 2.18. The van der Waals surface area contributed by atoms with Gasteiger partial charge in [-0.25, -0.2) is 8.42 Å². The summed E-state index contributed by atoms with van der Waals surface area (Å²) in [6, 6.07) is 7.86. The molecule has 0 radical (unpaired) electrons. The molecule has 0 fully saturated rings. The van der Waals surface area contributed by atoms with Crippen LogP contribution in [-0.2, 0) is 24.7 Å². The lowest BCUT2D eigenvalue weighted by Crippen LogP contribution is -2.25. The number of ether oxygens (including phenoxy) is 1. The van der Waals surface area contributed by atoms with Gasteiger partial charge in [0.25, 0.3) is 10.1 Å². The molecule has 1 rings (SSSR count). The summed E-state index contributed by atoms with van der Waals surface area (Å²) in [5, 5.41) is 0. The van der Waals surface area contributed by atoms with Gasteiger partial charge >= 0.3 is 0 Å². The monoisotopic (exact) mass is 332 g/mol. The molecule has 0 aliphatic carbocycles. The fraction of sp³-hybridized carbons (Fsp3) is 0.385. The molecule has 8 heteroatoms. The van der Waals surface area contributed by atoms with E-state index >= 15 is 0 Å². The van der Waals surface area contributed by atoms with Gasteiger partial charge in [0, 0.05) is 0 Å². The van der Waals surface area contributed by atoms with Crippen molar-refractivity contribution in [2.45, 2.75) is 17.9 Å². The van der Waals surface area contributed by atoms with Gasteiger partial charge in [0.05, 0.1) is 17.3 Å². The van der Waals surface area contributed by atoms with E-state index in [1.54, 1.807) is 18.2 Å². The van der Waals surface area contributed by atoms with Crippen LogP contribution in [0.5, 0.6) is 0 Å². The minimum absolute atomic E-state index is 0.168. The Labute approximate surface area is 124 Å². The van der Waals surface area contributed by atoms with Crippen molar-refractivity contribution < 1.29 is 26.1 Å². The Morgan fingerprint density at radius 1 is 1.19 bits per heavy atom. The number of hydrogen-bond donors (Lipinski definition) is 1. The Morgan fingerprint density at radius 3 is 2.33 bits per heavy atom. The van der Waals surface area contributed by atoms with E-state index in [2.05, 4.69) is 11.8 Å². The number of sulfone groups is 1. The van der Waals surface area contributed by atoms with Crippen LogP contribution in [0.4, 0.5) is 0 Å². The van der Waals surface area contributed by atoms with Crippen LogP contribution in [0.1, 0.15) is 6.92 Å². The van der Waals surface area contributed by atoms with Crippen molar-refractivity contribution in [1.82, 2.24) is 0 Å². The summed E-state index contributed by atoms with van der Waals surface area (Å²) in [7, 11) is -7.74. The predicted molar refractivity (Wildman–Crippen MR) is 78.1 cm³/mol. The van der Waals surface area contributed by atoms with Gasteiger partial charge in [0.15, 0.2) is 9.84 Å². The van der Waals surface area contributed by atoms with Crippen molar-refractivity contribution in [3.63, 3.8) is 0 Å². The smallest absolute Gasteiger partial charge is 0.268 e. The van der Waals surface area contributed by atoms with Crippen LogP contribution in [0.15, 0.2) is 35.2 Å². The number of hydrogen-bond acceptors (Lipinski definition) is 5. The maximum atomic E-state index is 12.0.